The highest BCUT2D eigenvalue weighted by Crippen LogP contribution is 2.29. The maximum atomic E-state index is 10.5. The number of esters is 1. The molecule has 2 unspecified atom stereocenters. The Hall–Kier alpha value is -1.85. The van der Waals surface area contributed by atoms with Crippen molar-refractivity contribution in [3.63, 3.8) is 0 Å². The van der Waals surface area contributed by atoms with Gasteiger partial charge in [-0.3, -0.25) is 9.59 Å². The summed E-state index contributed by atoms with van der Waals surface area (Å²) in [6.07, 6.45) is 3.43. The van der Waals surface area contributed by atoms with Crippen molar-refractivity contribution in [1.82, 2.24) is 0 Å². The summed E-state index contributed by atoms with van der Waals surface area (Å²) in [5, 5.41) is 17.3. The molecule has 0 amide bonds. The van der Waals surface area contributed by atoms with Gasteiger partial charge >= 0.3 is 17.9 Å². The summed E-state index contributed by atoms with van der Waals surface area (Å²) < 4.78 is 4.70. The number of aliphatic carboxylic acids is 2. The normalized spacial score (nSPS) is 20.9. The lowest BCUT2D eigenvalue weighted by atomic mass is 9.81. The molecular formula is C15H24O6. The van der Waals surface area contributed by atoms with E-state index < -0.39 is 23.8 Å². The van der Waals surface area contributed by atoms with Crippen molar-refractivity contribution >= 4 is 17.9 Å². The number of carboxylic acid groups (broad SMARTS) is 2. The van der Waals surface area contributed by atoms with Crippen LogP contribution in [0.2, 0.25) is 0 Å². The first kappa shape index (κ1) is 19.1. The van der Waals surface area contributed by atoms with Crippen molar-refractivity contribution in [1.29, 1.82) is 0 Å². The zero-order valence-corrected chi connectivity index (χ0v) is 12.6. The summed E-state index contributed by atoms with van der Waals surface area (Å²) in [5.74, 6) is -2.56. The van der Waals surface area contributed by atoms with Gasteiger partial charge < -0.3 is 14.9 Å². The molecule has 2 N–H and O–H groups in total. The maximum absolute atomic E-state index is 10.5. The van der Waals surface area contributed by atoms with E-state index in [9.17, 15) is 14.4 Å². The molecule has 6 heteroatoms. The molecule has 2 atom stereocenters. The van der Waals surface area contributed by atoms with Crippen molar-refractivity contribution in [2.75, 3.05) is 6.61 Å². The first-order valence-electron chi connectivity index (χ1n) is 7.02. The molecule has 0 heterocycles. The van der Waals surface area contributed by atoms with Gasteiger partial charge in [0.1, 0.15) is 0 Å². The van der Waals surface area contributed by atoms with Crippen LogP contribution >= 0.6 is 0 Å². The first-order valence-corrected chi connectivity index (χ1v) is 7.02. The quantitative estimate of drug-likeness (QED) is 0.597. The van der Waals surface area contributed by atoms with Crippen molar-refractivity contribution in [2.45, 2.75) is 39.5 Å². The van der Waals surface area contributed by atoms with Gasteiger partial charge in [0.05, 0.1) is 18.4 Å². The average Bonchev–Trinajstić information content (AvgIpc) is 2.45. The van der Waals surface area contributed by atoms with Gasteiger partial charge in [-0.2, -0.15) is 0 Å². The van der Waals surface area contributed by atoms with E-state index in [0.29, 0.717) is 38.2 Å². The van der Waals surface area contributed by atoms with Gasteiger partial charge in [0.2, 0.25) is 0 Å². The largest absolute Gasteiger partial charge is 0.481 e. The van der Waals surface area contributed by atoms with E-state index in [1.54, 1.807) is 0 Å². The second-order valence-corrected chi connectivity index (χ2v) is 5.46. The van der Waals surface area contributed by atoms with Crippen LogP contribution in [0.5, 0.6) is 0 Å². The van der Waals surface area contributed by atoms with Crippen LogP contribution in [0.3, 0.4) is 0 Å². The number of rotatable bonds is 5. The summed E-state index contributed by atoms with van der Waals surface area (Å²) >= 11 is 0. The molecule has 0 bridgehead atoms. The SMILES string of the molecule is C=CC(=O)OCC(C)C.O=C(O)C1CCCC(C(=O)O)C1. The molecule has 21 heavy (non-hydrogen) atoms. The number of hydrogen-bond donors (Lipinski definition) is 2. The number of hydrogen-bond acceptors (Lipinski definition) is 4. The molecule has 1 aliphatic rings. The molecule has 1 saturated carbocycles. The zero-order chi connectivity index (χ0) is 16.4. The van der Waals surface area contributed by atoms with E-state index in [0.717, 1.165) is 0 Å². The Bertz CT molecular complexity index is 354. The first-order chi connectivity index (χ1) is 9.77. The van der Waals surface area contributed by atoms with Gasteiger partial charge in [0, 0.05) is 6.08 Å². The van der Waals surface area contributed by atoms with Crippen molar-refractivity contribution in [3.8, 4) is 0 Å². The molecule has 0 aromatic rings. The third-order valence-electron chi connectivity index (χ3n) is 3.10. The summed E-state index contributed by atoms with van der Waals surface area (Å²) in [5.41, 5.74) is 0. The number of carboxylic acids is 2. The standard InChI is InChI=1S/C8H12O4.C7H12O2/c9-7(10)5-2-1-3-6(4-5)8(11)12;1-4-7(8)9-5-6(2)3/h5-6H,1-4H2,(H,9,10)(H,11,12);4,6H,1,5H2,2-3H3. The smallest absolute Gasteiger partial charge is 0.330 e. The maximum Gasteiger partial charge on any atom is 0.330 e. The third kappa shape index (κ3) is 8.83. The Labute approximate surface area is 124 Å². The molecule has 0 radical (unpaired) electrons. The molecule has 1 fully saturated rings. The van der Waals surface area contributed by atoms with Crippen LogP contribution in [0, 0.1) is 17.8 Å². The topological polar surface area (TPSA) is 101 Å². The van der Waals surface area contributed by atoms with E-state index >= 15 is 0 Å². The minimum Gasteiger partial charge on any atom is -0.481 e. The van der Waals surface area contributed by atoms with Gasteiger partial charge in [0.15, 0.2) is 0 Å². The van der Waals surface area contributed by atoms with Crippen LogP contribution in [0.4, 0.5) is 0 Å². The molecule has 0 aromatic heterocycles. The van der Waals surface area contributed by atoms with Crippen LogP contribution in [-0.2, 0) is 19.1 Å². The van der Waals surface area contributed by atoms with Gasteiger partial charge in [-0.25, -0.2) is 4.79 Å². The van der Waals surface area contributed by atoms with E-state index in [2.05, 4.69) is 6.58 Å². The fraction of sp³-hybridized carbons (Fsp3) is 0.667. The van der Waals surface area contributed by atoms with E-state index in [1.807, 2.05) is 13.8 Å². The lowest BCUT2D eigenvalue weighted by molar-refractivity contribution is -0.148. The monoisotopic (exact) mass is 300 g/mol. The Morgan fingerprint density at radius 1 is 1.19 bits per heavy atom. The zero-order valence-electron chi connectivity index (χ0n) is 12.6. The summed E-state index contributed by atoms with van der Waals surface area (Å²) in [6, 6.07) is 0. The molecule has 0 aliphatic heterocycles. The summed E-state index contributed by atoms with van der Waals surface area (Å²) in [4.78, 5) is 31.4. The Balaban J connectivity index is 0.000000400. The number of carbonyl (C=O) groups is 3. The fourth-order valence-corrected chi connectivity index (χ4v) is 1.95. The number of ether oxygens (including phenoxy) is 1. The average molecular weight is 300 g/mol. The molecule has 1 rings (SSSR count). The molecule has 0 spiro atoms. The molecule has 120 valence electrons. The lowest BCUT2D eigenvalue weighted by Gasteiger charge is -2.23. The molecular weight excluding hydrogens is 276 g/mol. The molecule has 0 saturated heterocycles. The van der Waals surface area contributed by atoms with Gasteiger partial charge in [-0.05, 0) is 25.2 Å². The molecule has 1 aliphatic carbocycles. The lowest BCUT2D eigenvalue weighted by Crippen LogP contribution is -2.26. The third-order valence-corrected chi connectivity index (χ3v) is 3.10. The van der Waals surface area contributed by atoms with Gasteiger partial charge in [-0.15, -0.1) is 0 Å². The number of carbonyl (C=O) groups excluding carboxylic acids is 1. The van der Waals surface area contributed by atoms with E-state index in [4.69, 9.17) is 14.9 Å². The highest BCUT2D eigenvalue weighted by Gasteiger charge is 2.30. The van der Waals surface area contributed by atoms with Crippen LogP contribution < -0.4 is 0 Å². The van der Waals surface area contributed by atoms with Crippen molar-refractivity contribution < 1.29 is 29.3 Å². The van der Waals surface area contributed by atoms with E-state index in [-0.39, 0.29) is 5.97 Å². The van der Waals surface area contributed by atoms with Crippen LogP contribution in [-0.4, -0.2) is 34.7 Å². The second-order valence-electron chi connectivity index (χ2n) is 5.46. The highest BCUT2D eigenvalue weighted by molar-refractivity contribution is 5.81. The predicted octanol–water partition coefficient (Wildman–Crippen LogP) is 2.33. The predicted molar refractivity (Wildman–Crippen MR) is 76.7 cm³/mol. The summed E-state index contributed by atoms with van der Waals surface area (Å²) in [7, 11) is 0. The van der Waals surface area contributed by atoms with Crippen molar-refractivity contribution in [2.24, 2.45) is 17.8 Å². The Kier molecular flexibility index (Phi) is 9.08. The van der Waals surface area contributed by atoms with Crippen molar-refractivity contribution in [3.05, 3.63) is 12.7 Å². The minimum atomic E-state index is -0.860. The Morgan fingerprint density at radius 2 is 1.67 bits per heavy atom. The minimum absolute atomic E-state index is 0.296. The van der Waals surface area contributed by atoms with E-state index in [1.165, 1.54) is 6.08 Å². The second kappa shape index (κ2) is 9.96. The van der Waals surface area contributed by atoms with Crippen LogP contribution in [0.15, 0.2) is 12.7 Å². The molecule has 6 nitrogen and oxygen atoms in total. The van der Waals surface area contributed by atoms with Crippen LogP contribution in [0.1, 0.15) is 39.5 Å². The van der Waals surface area contributed by atoms with Gasteiger partial charge in [0.25, 0.3) is 0 Å². The van der Waals surface area contributed by atoms with Crippen LogP contribution in [0.25, 0.3) is 0 Å². The highest BCUT2D eigenvalue weighted by atomic mass is 16.5. The van der Waals surface area contributed by atoms with Gasteiger partial charge in [-0.1, -0.05) is 26.8 Å². The summed E-state index contributed by atoms with van der Waals surface area (Å²) in [6.45, 7) is 7.71. The molecule has 0 aromatic carbocycles. The Morgan fingerprint density at radius 3 is 2.00 bits per heavy atom. The fourth-order valence-electron chi connectivity index (χ4n) is 1.95.